The van der Waals surface area contributed by atoms with Crippen molar-refractivity contribution < 1.29 is 19.1 Å². The Balaban J connectivity index is 1.87. The molecule has 2 heterocycles. The summed E-state index contributed by atoms with van der Waals surface area (Å²) in [4.78, 5) is 26.4. The average molecular weight is 345 g/mol. The molecule has 1 aromatic rings. The predicted molar refractivity (Wildman–Crippen MR) is 92.7 cm³/mol. The van der Waals surface area contributed by atoms with Gasteiger partial charge in [0.05, 0.1) is 20.3 Å². The number of hydrazone groups is 1. The van der Waals surface area contributed by atoms with E-state index in [1.165, 1.54) is 5.01 Å². The van der Waals surface area contributed by atoms with Crippen molar-refractivity contribution in [2.75, 3.05) is 27.8 Å². The van der Waals surface area contributed by atoms with Crippen LogP contribution in [-0.4, -0.2) is 55.2 Å². The van der Waals surface area contributed by atoms with Crippen LogP contribution in [0.1, 0.15) is 37.3 Å². The van der Waals surface area contributed by atoms with Crippen molar-refractivity contribution in [1.82, 2.24) is 9.91 Å². The highest BCUT2D eigenvalue weighted by Crippen LogP contribution is 2.39. The molecule has 0 aliphatic carbocycles. The molecule has 7 heteroatoms. The van der Waals surface area contributed by atoms with Crippen LogP contribution in [-0.2, 0) is 9.59 Å². The zero-order valence-electron chi connectivity index (χ0n) is 14.8. The Kier molecular flexibility index (Phi) is 4.92. The maximum Gasteiger partial charge on any atom is 0.270 e. The summed E-state index contributed by atoms with van der Waals surface area (Å²) in [6.45, 7) is 0.676. The van der Waals surface area contributed by atoms with Gasteiger partial charge in [0.15, 0.2) is 0 Å². The van der Waals surface area contributed by atoms with E-state index in [4.69, 9.17) is 9.47 Å². The molecule has 2 aliphatic rings. The van der Waals surface area contributed by atoms with E-state index in [0.29, 0.717) is 36.6 Å². The van der Waals surface area contributed by atoms with Gasteiger partial charge in [0.1, 0.15) is 17.2 Å². The van der Waals surface area contributed by atoms with Gasteiger partial charge in [-0.05, 0) is 25.0 Å². The number of hydrogen-bond donors (Lipinski definition) is 0. The van der Waals surface area contributed by atoms with Gasteiger partial charge >= 0.3 is 0 Å². The second-order valence-electron chi connectivity index (χ2n) is 6.23. The summed E-state index contributed by atoms with van der Waals surface area (Å²) in [5, 5.41) is 5.42. The summed E-state index contributed by atoms with van der Waals surface area (Å²) in [5.41, 5.74) is 1.41. The van der Waals surface area contributed by atoms with Crippen molar-refractivity contribution in [2.24, 2.45) is 5.10 Å². The molecule has 1 atom stereocenters. The van der Waals surface area contributed by atoms with Crippen molar-refractivity contribution >= 4 is 17.5 Å². The van der Waals surface area contributed by atoms with Crippen LogP contribution in [0.4, 0.5) is 0 Å². The number of likely N-dealkylation sites (tertiary alicyclic amines) is 1. The summed E-state index contributed by atoms with van der Waals surface area (Å²) < 4.78 is 10.8. The van der Waals surface area contributed by atoms with Gasteiger partial charge in [0.2, 0.25) is 5.91 Å². The molecule has 1 aromatic carbocycles. The zero-order chi connectivity index (χ0) is 18.0. The smallest absolute Gasteiger partial charge is 0.270 e. The fourth-order valence-electron chi connectivity index (χ4n) is 3.42. The minimum absolute atomic E-state index is 0.0565. The minimum Gasteiger partial charge on any atom is -0.497 e. The molecule has 2 amide bonds. The number of ether oxygens (including phenoxy) is 2. The van der Waals surface area contributed by atoms with Crippen LogP contribution in [0.5, 0.6) is 11.5 Å². The van der Waals surface area contributed by atoms with Crippen LogP contribution in [0.2, 0.25) is 0 Å². The van der Waals surface area contributed by atoms with E-state index >= 15 is 0 Å². The molecular weight excluding hydrogens is 322 g/mol. The number of rotatable bonds is 4. The molecule has 3 rings (SSSR count). The molecule has 0 bridgehead atoms. The largest absolute Gasteiger partial charge is 0.497 e. The molecule has 1 saturated heterocycles. The van der Waals surface area contributed by atoms with Crippen molar-refractivity contribution in [1.29, 1.82) is 0 Å². The Bertz CT molecular complexity index is 716. The number of hydrogen-bond acceptors (Lipinski definition) is 5. The monoisotopic (exact) mass is 345 g/mol. The molecule has 25 heavy (non-hydrogen) atoms. The van der Waals surface area contributed by atoms with Gasteiger partial charge in [-0.25, -0.2) is 5.01 Å². The van der Waals surface area contributed by atoms with Crippen LogP contribution >= 0.6 is 0 Å². The van der Waals surface area contributed by atoms with Crippen LogP contribution in [0.25, 0.3) is 0 Å². The van der Waals surface area contributed by atoms with Crippen molar-refractivity contribution in [3.63, 3.8) is 0 Å². The standard InChI is InChI=1S/C18H23N3O4/c1-20-17(22)9-8-14(19-20)18(23)21-10-4-5-15(21)13-7-6-12(24-2)11-16(13)25-3/h6-7,11,15H,4-5,8-10H2,1-3H3/t15-/m0/s1. The molecule has 134 valence electrons. The van der Waals surface area contributed by atoms with Crippen LogP contribution in [0.3, 0.4) is 0 Å². The molecule has 0 unspecified atom stereocenters. The van der Waals surface area contributed by atoms with Gasteiger partial charge in [0, 0.05) is 38.1 Å². The van der Waals surface area contributed by atoms with Crippen LogP contribution in [0, 0.1) is 0 Å². The van der Waals surface area contributed by atoms with Gasteiger partial charge in [-0.1, -0.05) is 0 Å². The lowest BCUT2D eigenvalue weighted by Gasteiger charge is -2.28. The normalized spacial score (nSPS) is 20.5. The van der Waals surface area contributed by atoms with E-state index in [-0.39, 0.29) is 17.9 Å². The maximum atomic E-state index is 13.0. The summed E-state index contributed by atoms with van der Waals surface area (Å²) in [7, 11) is 4.81. The molecule has 1 fully saturated rings. The van der Waals surface area contributed by atoms with Gasteiger partial charge in [0.25, 0.3) is 5.91 Å². The van der Waals surface area contributed by atoms with E-state index in [1.54, 1.807) is 21.3 Å². The van der Waals surface area contributed by atoms with E-state index in [9.17, 15) is 9.59 Å². The number of amides is 2. The fourth-order valence-corrected chi connectivity index (χ4v) is 3.42. The van der Waals surface area contributed by atoms with Gasteiger partial charge in [-0.3, -0.25) is 9.59 Å². The second-order valence-corrected chi connectivity index (χ2v) is 6.23. The van der Waals surface area contributed by atoms with Crippen molar-refractivity contribution in [2.45, 2.75) is 31.7 Å². The highest BCUT2D eigenvalue weighted by atomic mass is 16.5. The number of carbonyl (C=O) groups excluding carboxylic acids is 2. The summed E-state index contributed by atoms with van der Waals surface area (Å²) in [6, 6.07) is 5.61. The lowest BCUT2D eigenvalue weighted by molar-refractivity contribution is -0.130. The first-order valence-electron chi connectivity index (χ1n) is 8.42. The lowest BCUT2D eigenvalue weighted by atomic mass is 10.0. The SMILES string of the molecule is COc1ccc([C@@H]2CCCN2C(=O)C2=NN(C)C(=O)CC2)c(OC)c1. The first kappa shape index (κ1) is 17.3. The van der Waals surface area contributed by atoms with E-state index in [2.05, 4.69) is 5.10 Å². The number of methoxy groups -OCH3 is 2. The van der Waals surface area contributed by atoms with Crippen molar-refractivity contribution in [3.8, 4) is 11.5 Å². The maximum absolute atomic E-state index is 13.0. The second kappa shape index (κ2) is 7.13. The number of nitrogens with zero attached hydrogens (tertiary/aromatic N) is 3. The highest BCUT2D eigenvalue weighted by molar-refractivity contribution is 6.39. The summed E-state index contributed by atoms with van der Waals surface area (Å²) >= 11 is 0. The molecular formula is C18H23N3O4. The van der Waals surface area contributed by atoms with E-state index in [0.717, 1.165) is 18.4 Å². The molecule has 2 aliphatic heterocycles. The Morgan fingerprint density at radius 1 is 1.24 bits per heavy atom. The predicted octanol–water partition coefficient (Wildman–Crippen LogP) is 1.98. The quantitative estimate of drug-likeness (QED) is 0.836. The first-order chi connectivity index (χ1) is 12.0. The molecule has 0 saturated carbocycles. The lowest BCUT2D eigenvalue weighted by Crippen LogP contribution is -2.40. The van der Waals surface area contributed by atoms with E-state index < -0.39 is 0 Å². The third kappa shape index (κ3) is 3.31. The van der Waals surface area contributed by atoms with Crippen molar-refractivity contribution in [3.05, 3.63) is 23.8 Å². The first-order valence-corrected chi connectivity index (χ1v) is 8.42. The third-order valence-electron chi connectivity index (χ3n) is 4.77. The topological polar surface area (TPSA) is 71.4 Å². The molecule has 0 aromatic heterocycles. The fraction of sp³-hybridized carbons (Fsp3) is 0.500. The number of carbonyl (C=O) groups is 2. The highest BCUT2D eigenvalue weighted by Gasteiger charge is 2.35. The Morgan fingerprint density at radius 3 is 2.72 bits per heavy atom. The minimum atomic E-state index is -0.0975. The Labute approximate surface area is 147 Å². The molecule has 0 spiro atoms. The van der Waals surface area contributed by atoms with Gasteiger partial charge < -0.3 is 14.4 Å². The van der Waals surface area contributed by atoms with Gasteiger partial charge in [-0.2, -0.15) is 5.10 Å². The van der Waals surface area contributed by atoms with E-state index in [1.807, 2.05) is 23.1 Å². The Hall–Kier alpha value is -2.57. The zero-order valence-corrected chi connectivity index (χ0v) is 14.8. The molecule has 0 N–H and O–H groups in total. The third-order valence-corrected chi connectivity index (χ3v) is 4.77. The number of benzene rings is 1. The Morgan fingerprint density at radius 2 is 2.04 bits per heavy atom. The summed E-state index contributed by atoms with van der Waals surface area (Å²) in [6.07, 6.45) is 2.51. The molecule has 0 radical (unpaired) electrons. The van der Waals surface area contributed by atoms with Gasteiger partial charge in [-0.15, -0.1) is 0 Å². The van der Waals surface area contributed by atoms with Crippen LogP contribution < -0.4 is 9.47 Å². The summed E-state index contributed by atoms with van der Waals surface area (Å²) in [5.74, 6) is 1.27. The molecule has 7 nitrogen and oxygen atoms in total. The average Bonchev–Trinajstić information content (AvgIpc) is 3.12. The van der Waals surface area contributed by atoms with Crippen LogP contribution in [0.15, 0.2) is 23.3 Å².